The van der Waals surface area contributed by atoms with E-state index in [-0.39, 0.29) is 11.9 Å². The fraction of sp³-hybridized carbons (Fsp3) is 0.350. The van der Waals surface area contributed by atoms with E-state index in [0.717, 1.165) is 37.3 Å². The highest BCUT2D eigenvalue weighted by atomic mass is 16.2. The molecule has 5 heteroatoms. The summed E-state index contributed by atoms with van der Waals surface area (Å²) in [7, 11) is 0. The van der Waals surface area contributed by atoms with E-state index in [1.54, 1.807) is 18.3 Å². The van der Waals surface area contributed by atoms with Crippen molar-refractivity contribution >= 4 is 11.6 Å². The van der Waals surface area contributed by atoms with Gasteiger partial charge in [0.15, 0.2) is 0 Å². The lowest BCUT2D eigenvalue weighted by atomic mass is 10.0. The van der Waals surface area contributed by atoms with Gasteiger partial charge in [0.25, 0.3) is 0 Å². The Balaban J connectivity index is 1.77. The van der Waals surface area contributed by atoms with Crippen LogP contribution in [-0.2, 0) is 11.3 Å². The lowest BCUT2D eigenvalue weighted by Crippen LogP contribution is -2.52. The van der Waals surface area contributed by atoms with Gasteiger partial charge in [-0.05, 0) is 55.8 Å². The number of aromatic nitrogens is 1. The smallest absolute Gasteiger partial charge is 0.244 e. The van der Waals surface area contributed by atoms with Gasteiger partial charge in [-0.1, -0.05) is 13.0 Å². The lowest BCUT2D eigenvalue weighted by Gasteiger charge is -2.38. The molecule has 1 aliphatic rings. The number of piperidine rings is 1. The molecule has 5 nitrogen and oxygen atoms in total. The molecule has 1 aromatic heterocycles. The van der Waals surface area contributed by atoms with Crippen molar-refractivity contribution in [2.24, 2.45) is 0 Å². The number of pyridine rings is 1. The van der Waals surface area contributed by atoms with Gasteiger partial charge in [-0.2, -0.15) is 5.26 Å². The molecule has 0 saturated carbocycles. The number of hydrogen-bond donors (Lipinski definition) is 0. The Hall–Kier alpha value is -2.71. The molecule has 1 fully saturated rings. The molecule has 1 atom stereocenters. The number of rotatable bonds is 5. The van der Waals surface area contributed by atoms with Crippen LogP contribution in [-0.4, -0.2) is 34.9 Å². The predicted molar refractivity (Wildman–Crippen MR) is 96.9 cm³/mol. The third-order valence-electron chi connectivity index (χ3n) is 4.66. The number of benzene rings is 1. The van der Waals surface area contributed by atoms with Crippen LogP contribution >= 0.6 is 0 Å². The maximum Gasteiger partial charge on any atom is 0.244 e. The third-order valence-corrected chi connectivity index (χ3v) is 4.66. The molecule has 0 bridgehead atoms. The van der Waals surface area contributed by atoms with Gasteiger partial charge < -0.3 is 4.90 Å². The average molecular weight is 334 g/mol. The summed E-state index contributed by atoms with van der Waals surface area (Å²) in [5, 5.41) is 8.93. The first-order valence-electron chi connectivity index (χ1n) is 8.68. The Labute approximate surface area is 148 Å². The van der Waals surface area contributed by atoms with Crippen LogP contribution in [0.15, 0.2) is 48.7 Å². The van der Waals surface area contributed by atoms with E-state index in [9.17, 15) is 4.79 Å². The summed E-state index contributed by atoms with van der Waals surface area (Å²) in [6, 6.07) is 15.1. The number of hydrogen-bond acceptors (Lipinski definition) is 4. The van der Waals surface area contributed by atoms with E-state index < -0.39 is 0 Å². The maximum atomic E-state index is 13.1. The van der Waals surface area contributed by atoms with Gasteiger partial charge in [0, 0.05) is 25.0 Å². The van der Waals surface area contributed by atoms with Gasteiger partial charge in [0.1, 0.15) is 0 Å². The second-order valence-corrected chi connectivity index (χ2v) is 6.19. The summed E-state index contributed by atoms with van der Waals surface area (Å²) < 4.78 is 0. The van der Waals surface area contributed by atoms with Gasteiger partial charge in [-0.25, -0.2) is 0 Å². The Bertz CT molecular complexity index is 752. The standard InChI is InChI=1S/C20H22N4O/c1-2-23(15-17-6-3-4-12-22-17)19-7-5-13-24(20(19)25)18-10-8-16(14-21)9-11-18/h3-4,6,8-12,19H,2,5,7,13,15H2,1H3/t19-/m1/s1. The van der Waals surface area contributed by atoms with Crippen molar-refractivity contribution in [2.75, 3.05) is 18.0 Å². The minimum absolute atomic E-state index is 0.128. The van der Waals surface area contributed by atoms with Gasteiger partial charge in [0.2, 0.25) is 5.91 Å². The monoisotopic (exact) mass is 334 g/mol. The van der Waals surface area contributed by atoms with Crippen molar-refractivity contribution in [2.45, 2.75) is 32.4 Å². The van der Waals surface area contributed by atoms with Crippen LogP contribution in [0.1, 0.15) is 31.0 Å². The van der Waals surface area contributed by atoms with Gasteiger partial charge in [-0.3, -0.25) is 14.7 Å². The van der Waals surface area contributed by atoms with Gasteiger partial charge in [0.05, 0.1) is 23.4 Å². The van der Waals surface area contributed by atoms with Crippen LogP contribution < -0.4 is 4.90 Å². The molecular formula is C20H22N4O. The summed E-state index contributed by atoms with van der Waals surface area (Å²) >= 11 is 0. The number of amides is 1. The van der Waals surface area contributed by atoms with Crippen molar-refractivity contribution < 1.29 is 4.79 Å². The molecule has 0 spiro atoms. The molecule has 0 unspecified atom stereocenters. The second kappa shape index (κ2) is 7.91. The van der Waals surface area contributed by atoms with Crippen molar-refractivity contribution in [3.05, 3.63) is 59.9 Å². The molecule has 0 aliphatic carbocycles. The van der Waals surface area contributed by atoms with Crippen LogP contribution in [0.4, 0.5) is 5.69 Å². The molecule has 1 amide bonds. The number of likely N-dealkylation sites (N-methyl/N-ethyl adjacent to an activating group) is 1. The summed E-state index contributed by atoms with van der Waals surface area (Å²) in [6.45, 7) is 4.28. The van der Waals surface area contributed by atoms with E-state index in [2.05, 4.69) is 22.9 Å². The molecule has 1 saturated heterocycles. The fourth-order valence-electron chi connectivity index (χ4n) is 3.31. The van der Waals surface area contributed by atoms with E-state index in [4.69, 9.17) is 5.26 Å². The summed E-state index contributed by atoms with van der Waals surface area (Å²) in [4.78, 5) is 21.5. The first-order chi connectivity index (χ1) is 12.2. The first-order valence-corrected chi connectivity index (χ1v) is 8.68. The predicted octanol–water partition coefficient (Wildman–Crippen LogP) is 2.97. The minimum atomic E-state index is -0.128. The number of nitriles is 1. The molecule has 0 N–H and O–H groups in total. The van der Waals surface area contributed by atoms with E-state index in [1.165, 1.54) is 0 Å². The van der Waals surface area contributed by atoms with E-state index >= 15 is 0 Å². The molecule has 25 heavy (non-hydrogen) atoms. The Morgan fingerprint density at radius 1 is 1.28 bits per heavy atom. The van der Waals surface area contributed by atoms with E-state index in [0.29, 0.717) is 12.1 Å². The van der Waals surface area contributed by atoms with Gasteiger partial charge >= 0.3 is 0 Å². The van der Waals surface area contributed by atoms with Crippen LogP contribution in [0.3, 0.4) is 0 Å². The third kappa shape index (κ3) is 3.86. The fourth-order valence-corrected chi connectivity index (χ4v) is 3.31. The summed E-state index contributed by atoms with van der Waals surface area (Å²) in [6.07, 6.45) is 3.62. The molecular weight excluding hydrogens is 312 g/mol. The van der Waals surface area contributed by atoms with Crippen LogP contribution in [0.2, 0.25) is 0 Å². The zero-order valence-corrected chi connectivity index (χ0v) is 14.4. The maximum absolute atomic E-state index is 13.1. The quantitative estimate of drug-likeness (QED) is 0.843. The van der Waals surface area contributed by atoms with Crippen LogP contribution in [0.25, 0.3) is 0 Å². The Kier molecular flexibility index (Phi) is 5.42. The number of nitrogens with zero attached hydrogens (tertiary/aromatic N) is 4. The molecule has 1 aromatic carbocycles. The highest BCUT2D eigenvalue weighted by molar-refractivity contribution is 5.98. The van der Waals surface area contributed by atoms with Crippen molar-refractivity contribution in [3.8, 4) is 6.07 Å². The highest BCUT2D eigenvalue weighted by Gasteiger charge is 2.33. The van der Waals surface area contributed by atoms with Crippen molar-refractivity contribution in [1.82, 2.24) is 9.88 Å². The van der Waals surface area contributed by atoms with Crippen LogP contribution in [0, 0.1) is 11.3 Å². The largest absolute Gasteiger partial charge is 0.311 e. The molecule has 2 heterocycles. The van der Waals surface area contributed by atoms with Crippen LogP contribution in [0.5, 0.6) is 0 Å². The molecule has 128 valence electrons. The first kappa shape index (κ1) is 17.1. The van der Waals surface area contributed by atoms with Crippen molar-refractivity contribution in [1.29, 1.82) is 5.26 Å². The zero-order valence-electron chi connectivity index (χ0n) is 14.4. The topological polar surface area (TPSA) is 60.2 Å². The van der Waals surface area contributed by atoms with Crippen molar-refractivity contribution in [3.63, 3.8) is 0 Å². The SMILES string of the molecule is CCN(Cc1ccccn1)[C@@H]1CCCN(c2ccc(C#N)cc2)C1=O. The Morgan fingerprint density at radius 3 is 2.72 bits per heavy atom. The molecule has 2 aromatic rings. The molecule has 3 rings (SSSR count). The summed E-state index contributed by atoms with van der Waals surface area (Å²) in [5.74, 6) is 0.133. The highest BCUT2D eigenvalue weighted by Crippen LogP contribution is 2.25. The molecule has 1 aliphatic heterocycles. The zero-order chi connectivity index (χ0) is 17.6. The normalized spacial score (nSPS) is 17.6. The molecule has 0 radical (unpaired) electrons. The number of anilines is 1. The average Bonchev–Trinajstić information content (AvgIpc) is 2.67. The minimum Gasteiger partial charge on any atom is -0.311 e. The van der Waals surface area contributed by atoms with Gasteiger partial charge in [-0.15, -0.1) is 0 Å². The Morgan fingerprint density at radius 2 is 2.08 bits per heavy atom. The number of carbonyl (C=O) groups excluding carboxylic acids is 1. The number of carbonyl (C=O) groups is 1. The summed E-state index contributed by atoms with van der Waals surface area (Å²) in [5.41, 5.74) is 2.45. The second-order valence-electron chi connectivity index (χ2n) is 6.19. The lowest BCUT2D eigenvalue weighted by molar-refractivity contribution is -0.125. The van der Waals surface area contributed by atoms with E-state index in [1.807, 2.05) is 35.2 Å².